The Bertz CT molecular complexity index is 440. The molecule has 1 aromatic carbocycles. The third-order valence-electron chi connectivity index (χ3n) is 2.66. The zero-order valence-corrected chi connectivity index (χ0v) is 13.6. The Morgan fingerprint density at radius 2 is 2.15 bits per heavy atom. The van der Waals surface area contributed by atoms with Gasteiger partial charge in [-0.05, 0) is 44.5 Å². The predicted octanol–water partition coefficient (Wildman–Crippen LogP) is 2.94. The number of rotatable bonds is 8. The standard InChI is InChI=1S/C14H22ClN3OS/c1-18(2)7-9-20-8-3-4-14(19)17-11-5-6-12(15)13(16)10-11/h5-6,10H,3-4,7-9,16H2,1-2H3,(H,17,19). The molecule has 1 rings (SSSR count). The van der Waals surface area contributed by atoms with E-state index in [0.29, 0.717) is 22.8 Å². The van der Waals surface area contributed by atoms with Crippen LogP contribution in [-0.4, -0.2) is 43.0 Å². The van der Waals surface area contributed by atoms with Gasteiger partial charge in [0.25, 0.3) is 0 Å². The van der Waals surface area contributed by atoms with Crippen LogP contribution in [0.15, 0.2) is 18.2 Å². The Kier molecular flexibility index (Phi) is 7.80. The number of carbonyl (C=O) groups is 1. The number of nitrogen functional groups attached to an aromatic ring is 1. The van der Waals surface area contributed by atoms with Crippen molar-refractivity contribution in [1.82, 2.24) is 4.90 Å². The average Bonchev–Trinajstić information content (AvgIpc) is 2.38. The lowest BCUT2D eigenvalue weighted by Crippen LogP contribution is -2.15. The lowest BCUT2D eigenvalue weighted by molar-refractivity contribution is -0.116. The van der Waals surface area contributed by atoms with Gasteiger partial charge in [-0.25, -0.2) is 0 Å². The normalized spacial score (nSPS) is 10.8. The van der Waals surface area contributed by atoms with E-state index in [9.17, 15) is 4.79 Å². The maximum absolute atomic E-state index is 11.7. The van der Waals surface area contributed by atoms with Gasteiger partial charge in [0.05, 0.1) is 10.7 Å². The molecule has 4 nitrogen and oxygen atoms in total. The van der Waals surface area contributed by atoms with Crippen molar-refractivity contribution in [1.29, 1.82) is 0 Å². The van der Waals surface area contributed by atoms with Crippen LogP contribution in [0, 0.1) is 0 Å². The van der Waals surface area contributed by atoms with E-state index in [2.05, 4.69) is 24.3 Å². The van der Waals surface area contributed by atoms with E-state index in [1.807, 2.05) is 11.8 Å². The summed E-state index contributed by atoms with van der Waals surface area (Å²) in [4.78, 5) is 13.9. The van der Waals surface area contributed by atoms with Crippen molar-refractivity contribution in [2.24, 2.45) is 0 Å². The highest BCUT2D eigenvalue weighted by molar-refractivity contribution is 7.99. The monoisotopic (exact) mass is 315 g/mol. The molecule has 0 spiro atoms. The molecule has 0 aliphatic rings. The van der Waals surface area contributed by atoms with Crippen LogP contribution in [0.25, 0.3) is 0 Å². The second kappa shape index (κ2) is 9.10. The first-order valence-corrected chi connectivity index (χ1v) is 8.09. The molecule has 0 heterocycles. The number of nitrogens with zero attached hydrogens (tertiary/aromatic N) is 1. The minimum Gasteiger partial charge on any atom is -0.397 e. The van der Waals surface area contributed by atoms with Gasteiger partial charge in [0.1, 0.15) is 0 Å². The highest BCUT2D eigenvalue weighted by Crippen LogP contribution is 2.22. The summed E-state index contributed by atoms with van der Waals surface area (Å²) in [5.74, 6) is 2.12. The summed E-state index contributed by atoms with van der Waals surface area (Å²) in [5.41, 5.74) is 6.85. The van der Waals surface area contributed by atoms with Gasteiger partial charge in [-0.15, -0.1) is 0 Å². The van der Waals surface area contributed by atoms with Crippen LogP contribution < -0.4 is 11.1 Å². The molecule has 0 fully saturated rings. The van der Waals surface area contributed by atoms with Crippen molar-refractivity contribution in [3.63, 3.8) is 0 Å². The van der Waals surface area contributed by atoms with E-state index in [-0.39, 0.29) is 5.91 Å². The Labute approximate surface area is 130 Å². The molecule has 1 aromatic rings. The van der Waals surface area contributed by atoms with E-state index in [1.165, 1.54) is 0 Å². The average molecular weight is 316 g/mol. The van der Waals surface area contributed by atoms with Crippen LogP contribution >= 0.6 is 23.4 Å². The number of hydrogen-bond acceptors (Lipinski definition) is 4. The van der Waals surface area contributed by atoms with Crippen LogP contribution in [0.5, 0.6) is 0 Å². The highest BCUT2D eigenvalue weighted by atomic mass is 35.5. The number of carbonyl (C=O) groups excluding carboxylic acids is 1. The number of hydrogen-bond donors (Lipinski definition) is 2. The number of halogens is 1. The first-order valence-electron chi connectivity index (χ1n) is 6.56. The smallest absolute Gasteiger partial charge is 0.224 e. The van der Waals surface area contributed by atoms with Gasteiger partial charge in [-0.2, -0.15) is 11.8 Å². The van der Waals surface area contributed by atoms with E-state index >= 15 is 0 Å². The molecule has 6 heteroatoms. The molecule has 3 N–H and O–H groups in total. The molecule has 112 valence electrons. The Balaban J connectivity index is 2.18. The van der Waals surface area contributed by atoms with Crippen LogP contribution in [0.2, 0.25) is 5.02 Å². The second-order valence-electron chi connectivity index (χ2n) is 4.80. The summed E-state index contributed by atoms with van der Waals surface area (Å²) >= 11 is 7.70. The summed E-state index contributed by atoms with van der Waals surface area (Å²) in [6, 6.07) is 5.11. The molecule has 0 unspecified atom stereocenters. The molecule has 0 aromatic heterocycles. The summed E-state index contributed by atoms with van der Waals surface area (Å²) < 4.78 is 0. The molecule has 20 heavy (non-hydrogen) atoms. The van der Waals surface area contributed by atoms with Crippen LogP contribution in [-0.2, 0) is 4.79 Å². The topological polar surface area (TPSA) is 58.4 Å². The number of nitrogens with one attached hydrogen (secondary N) is 1. The van der Waals surface area contributed by atoms with Crippen molar-refractivity contribution >= 4 is 40.6 Å². The number of nitrogens with two attached hydrogens (primary N) is 1. The van der Waals surface area contributed by atoms with Crippen molar-refractivity contribution < 1.29 is 4.79 Å². The van der Waals surface area contributed by atoms with Gasteiger partial charge in [0.15, 0.2) is 0 Å². The van der Waals surface area contributed by atoms with Crippen molar-refractivity contribution in [3.05, 3.63) is 23.2 Å². The largest absolute Gasteiger partial charge is 0.397 e. The molecule has 0 saturated carbocycles. The van der Waals surface area contributed by atoms with Crippen molar-refractivity contribution in [2.45, 2.75) is 12.8 Å². The summed E-state index contributed by atoms with van der Waals surface area (Å²) in [6.07, 6.45) is 1.41. The molecule has 0 bridgehead atoms. The van der Waals surface area contributed by atoms with E-state index in [0.717, 1.165) is 24.5 Å². The minimum absolute atomic E-state index is 0.0138. The lowest BCUT2D eigenvalue weighted by atomic mass is 10.2. The zero-order valence-electron chi connectivity index (χ0n) is 12.0. The number of anilines is 2. The maximum Gasteiger partial charge on any atom is 0.224 e. The van der Waals surface area contributed by atoms with Crippen LogP contribution in [0.1, 0.15) is 12.8 Å². The third kappa shape index (κ3) is 7.03. The van der Waals surface area contributed by atoms with Gasteiger partial charge in [-0.3, -0.25) is 4.79 Å². The molecule has 0 atom stereocenters. The van der Waals surface area contributed by atoms with Gasteiger partial charge in [0, 0.05) is 24.4 Å². The third-order valence-corrected chi connectivity index (χ3v) is 4.05. The highest BCUT2D eigenvalue weighted by Gasteiger charge is 2.04. The van der Waals surface area contributed by atoms with E-state index < -0.39 is 0 Å². The molecule has 1 amide bonds. The Morgan fingerprint density at radius 1 is 1.40 bits per heavy atom. The van der Waals surface area contributed by atoms with Gasteiger partial charge in [-0.1, -0.05) is 11.6 Å². The molecule has 0 aliphatic carbocycles. The number of amides is 1. The van der Waals surface area contributed by atoms with Crippen molar-refractivity contribution in [2.75, 3.05) is 43.2 Å². The summed E-state index contributed by atoms with van der Waals surface area (Å²) in [7, 11) is 4.12. The van der Waals surface area contributed by atoms with Gasteiger partial charge in [0.2, 0.25) is 5.91 Å². The fourth-order valence-corrected chi connectivity index (χ4v) is 2.69. The summed E-state index contributed by atoms with van der Waals surface area (Å²) in [6.45, 7) is 1.07. The Morgan fingerprint density at radius 3 is 2.80 bits per heavy atom. The predicted molar refractivity (Wildman–Crippen MR) is 89.6 cm³/mol. The lowest BCUT2D eigenvalue weighted by Gasteiger charge is -2.09. The maximum atomic E-state index is 11.7. The first-order chi connectivity index (χ1) is 9.49. The zero-order chi connectivity index (χ0) is 15.0. The minimum atomic E-state index is 0.0138. The fourth-order valence-electron chi connectivity index (χ4n) is 1.53. The number of benzene rings is 1. The molecular weight excluding hydrogens is 294 g/mol. The first kappa shape index (κ1) is 17.1. The summed E-state index contributed by atoms with van der Waals surface area (Å²) in [5, 5.41) is 3.32. The fraction of sp³-hybridized carbons (Fsp3) is 0.500. The molecule has 0 aliphatic heterocycles. The molecule has 0 saturated heterocycles. The van der Waals surface area contributed by atoms with Gasteiger partial charge >= 0.3 is 0 Å². The van der Waals surface area contributed by atoms with E-state index in [4.69, 9.17) is 17.3 Å². The second-order valence-corrected chi connectivity index (χ2v) is 6.44. The SMILES string of the molecule is CN(C)CCSCCCC(=O)Nc1ccc(Cl)c(N)c1. The van der Waals surface area contributed by atoms with Crippen LogP contribution in [0.4, 0.5) is 11.4 Å². The van der Waals surface area contributed by atoms with Crippen molar-refractivity contribution in [3.8, 4) is 0 Å². The number of thioether (sulfide) groups is 1. The van der Waals surface area contributed by atoms with Crippen LogP contribution in [0.3, 0.4) is 0 Å². The van der Waals surface area contributed by atoms with Gasteiger partial charge < -0.3 is 16.0 Å². The quantitative estimate of drug-likeness (QED) is 0.572. The molecule has 0 radical (unpaired) electrons. The molecular formula is C14H22ClN3OS. The Hall–Kier alpha value is -0.910. The van der Waals surface area contributed by atoms with E-state index in [1.54, 1.807) is 18.2 Å².